The van der Waals surface area contributed by atoms with Gasteiger partial charge < -0.3 is 4.74 Å². The summed E-state index contributed by atoms with van der Waals surface area (Å²) in [5, 5.41) is 0. The molecule has 0 radical (unpaired) electrons. The van der Waals surface area contributed by atoms with Crippen molar-refractivity contribution in [2.75, 3.05) is 7.11 Å². The van der Waals surface area contributed by atoms with Crippen molar-refractivity contribution in [1.82, 2.24) is 4.98 Å². The van der Waals surface area contributed by atoms with Crippen LogP contribution in [0.3, 0.4) is 0 Å². The van der Waals surface area contributed by atoms with Crippen molar-refractivity contribution in [3.63, 3.8) is 0 Å². The van der Waals surface area contributed by atoms with Gasteiger partial charge in [-0.15, -0.1) is 0 Å². The number of rotatable bonds is 8. The van der Waals surface area contributed by atoms with Gasteiger partial charge >= 0.3 is 0 Å². The minimum atomic E-state index is -0.286. The molecule has 0 N–H and O–H groups in total. The Hall–Kier alpha value is -3.11. The number of hydrogen-bond acceptors (Lipinski definition) is 4. The molecule has 4 nitrogen and oxygen atoms in total. The van der Waals surface area contributed by atoms with Gasteiger partial charge in [0.15, 0.2) is 11.6 Å². The van der Waals surface area contributed by atoms with Crippen LogP contribution in [0.1, 0.15) is 44.0 Å². The lowest BCUT2D eigenvalue weighted by atomic mass is 9.99. The molecule has 0 aliphatic carbocycles. The van der Waals surface area contributed by atoms with Gasteiger partial charge in [-0.2, -0.15) is 0 Å². The number of methoxy groups -OCH3 is 1. The van der Waals surface area contributed by atoms with Crippen LogP contribution < -0.4 is 0 Å². The van der Waals surface area contributed by atoms with E-state index in [2.05, 4.69) is 17.1 Å². The number of carbonyl (C=O) groups excluding carboxylic acids is 2. The molecular weight excluding hydrogens is 338 g/mol. The van der Waals surface area contributed by atoms with Crippen molar-refractivity contribution in [1.29, 1.82) is 0 Å². The molecule has 3 rings (SSSR count). The summed E-state index contributed by atoms with van der Waals surface area (Å²) in [6.45, 7) is 0.401. The molecule has 0 fully saturated rings. The fraction of sp³-hybridized carbons (Fsp3) is 0.174. The largest absolute Gasteiger partial charge is 0.380 e. The first-order valence-electron chi connectivity index (χ1n) is 8.79. The Morgan fingerprint density at radius 1 is 0.852 bits per heavy atom. The average Bonchev–Trinajstić information content (AvgIpc) is 2.69. The Kier molecular flexibility index (Phi) is 6.23. The van der Waals surface area contributed by atoms with Crippen LogP contribution in [-0.2, 0) is 17.8 Å². The van der Waals surface area contributed by atoms with E-state index in [1.807, 2.05) is 36.4 Å². The van der Waals surface area contributed by atoms with Gasteiger partial charge in [-0.25, -0.2) is 0 Å². The van der Waals surface area contributed by atoms with Crippen molar-refractivity contribution >= 4 is 11.6 Å². The van der Waals surface area contributed by atoms with Crippen molar-refractivity contribution in [3.05, 3.63) is 101 Å². The van der Waals surface area contributed by atoms with E-state index in [0.717, 1.165) is 17.5 Å². The second kappa shape index (κ2) is 9.01. The molecule has 0 bridgehead atoms. The Morgan fingerprint density at radius 2 is 1.63 bits per heavy atom. The van der Waals surface area contributed by atoms with E-state index in [0.29, 0.717) is 17.9 Å². The van der Waals surface area contributed by atoms with Gasteiger partial charge in [0.05, 0.1) is 13.0 Å². The van der Waals surface area contributed by atoms with E-state index >= 15 is 0 Å². The molecule has 136 valence electrons. The molecule has 0 saturated carbocycles. The lowest BCUT2D eigenvalue weighted by Gasteiger charge is -2.06. The number of Topliss-reactive ketones (excluding diaryl/α,β-unsaturated/α-hetero) is 2. The summed E-state index contributed by atoms with van der Waals surface area (Å²) in [6, 6.07) is 21.0. The van der Waals surface area contributed by atoms with Crippen LogP contribution in [0.25, 0.3) is 0 Å². The quantitative estimate of drug-likeness (QED) is 0.445. The Labute approximate surface area is 158 Å². The molecule has 1 heterocycles. The van der Waals surface area contributed by atoms with Crippen LogP contribution in [0.2, 0.25) is 0 Å². The van der Waals surface area contributed by atoms with Crippen LogP contribution in [0.15, 0.2) is 72.9 Å². The number of aromatic nitrogens is 1. The minimum Gasteiger partial charge on any atom is -0.380 e. The summed E-state index contributed by atoms with van der Waals surface area (Å²) in [4.78, 5) is 29.1. The lowest BCUT2D eigenvalue weighted by molar-refractivity contribution is 0.0891. The van der Waals surface area contributed by atoms with Crippen LogP contribution >= 0.6 is 0 Å². The zero-order valence-electron chi connectivity index (χ0n) is 15.2. The zero-order valence-corrected chi connectivity index (χ0v) is 15.2. The summed E-state index contributed by atoms with van der Waals surface area (Å²) in [7, 11) is 1.59. The highest BCUT2D eigenvalue weighted by Crippen LogP contribution is 2.14. The van der Waals surface area contributed by atoms with Gasteiger partial charge in [0.2, 0.25) is 0 Å². The monoisotopic (exact) mass is 359 g/mol. The molecule has 1 aromatic heterocycles. The number of nitrogens with zero attached hydrogens (tertiary/aromatic N) is 1. The molecule has 0 amide bonds. The number of pyridine rings is 1. The fourth-order valence-electron chi connectivity index (χ4n) is 2.91. The third-order valence-corrected chi connectivity index (χ3v) is 4.24. The Balaban J connectivity index is 1.70. The zero-order chi connectivity index (χ0) is 19.1. The summed E-state index contributed by atoms with van der Waals surface area (Å²) in [6.07, 6.45) is 2.11. The molecule has 0 aliphatic rings. The highest BCUT2D eigenvalue weighted by molar-refractivity contribution is 6.12. The maximum Gasteiger partial charge on any atom is 0.188 e. The normalized spacial score (nSPS) is 10.6. The Bertz CT molecular complexity index is 935. The second-order valence-electron chi connectivity index (χ2n) is 6.37. The van der Waals surface area contributed by atoms with E-state index < -0.39 is 0 Å². The standard InChI is InChI=1S/C23H21NO3/c1-27-16-19-10-11-24-21(14-19)23(26)15-22(25)20-9-5-8-18(13-20)12-17-6-3-2-4-7-17/h2-11,13-14H,12,15-16H2,1H3. The summed E-state index contributed by atoms with van der Waals surface area (Å²) < 4.78 is 5.07. The van der Waals surface area contributed by atoms with Gasteiger partial charge in [-0.05, 0) is 41.3 Å². The minimum absolute atomic E-state index is 0.196. The van der Waals surface area contributed by atoms with Crippen molar-refractivity contribution in [3.8, 4) is 0 Å². The fourth-order valence-corrected chi connectivity index (χ4v) is 2.91. The molecular formula is C23H21NO3. The maximum atomic E-state index is 12.6. The first-order valence-corrected chi connectivity index (χ1v) is 8.79. The van der Waals surface area contributed by atoms with Crippen molar-refractivity contribution in [2.45, 2.75) is 19.4 Å². The van der Waals surface area contributed by atoms with E-state index in [-0.39, 0.29) is 18.0 Å². The SMILES string of the molecule is COCc1ccnc(C(=O)CC(=O)c2cccc(Cc3ccccc3)c2)c1. The van der Waals surface area contributed by atoms with Crippen LogP contribution in [0, 0.1) is 0 Å². The molecule has 0 unspecified atom stereocenters. The molecule has 2 aromatic carbocycles. The maximum absolute atomic E-state index is 12.6. The topological polar surface area (TPSA) is 56.3 Å². The molecule has 27 heavy (non-hydrogen) atoms. The first kappa shape index (κ1) is 18.7. The molecule has 3 aromatic rings. The van der Waals surface area contributed by atoms with E-state index in [1.165, 1.54) is 5.56 Å². The number of ether oxygens (including phenoxy) is 1. The first-order chi connectivity index (χ1) is 13.2. The molecule has 4 heteroatoms. The predicted octanol–water partition coefficient (Wildman–Crippen LogP) is 4.27. The number of ketones is 2. The summed E-state index contributed by atoms with van der Waals surface area (Å²) >= 11 is 0. The third kappa shape index (κ3) is 5.19. The predicted molar refractivity (Wildman–Crippen MR) is 104 cm³/mol. The van der Waals surface area contributed by atoms with Gasteiger partial charge in [0.25, 0.3) is 0 Å². The average molecular weight is 359 g/mol. The highest BCUT2D eigenvalue weighted by atomic mass is 16.5. The molecule has 0 saturated heterocycles. The lowest BCUT2D eigenvalue weighted by Crippen LogP contribution is -2.11. The highest BCUT2D eigenvalue weighted by Gasteiger charge is 2.15. The van der Waals surface area contributed by atoms with E-state index in [1.54, 1.807) is 31.5 Å². The van der Waals surface area contributed by atoms with Gasteiger partial charge in [-0.3, -0.25) is 14.6 Å². The van der Waals surface area contributed by atoms with Crippen molar-refractivity contribution < 1.29 is 14.3 Å². The van der Waals surface area contributed by atoms with Crippen molar-refractivity contribution in [2.24, 2.45) is 0 Å². The second-order valence-corrected chi connectivity index (χ2v) is 6.37. The molecule has 0 spiro atoms. The van der Waals surface area contributed by atoms with E-state index in [9.17, 15) is 9.59 Å². The van der Waals surface area contributed by atoms with Gasteiger partial charge in [-0.1, -0.05) is 48.5 Å². The van der Waals surface area contributed by atoms with Gasteiger partial charge in [0.1, 0.15) is 5.69 Å². The molecule has 0 atom stereocenters. The Morgan fingerprint density at radius 3 is 2.41 bits per heavy atom. The summed E-state index contributed by atoms with van der Waals surface area (Å²) in [5.41, 5.74) is 3.91. The summed E-state index contributed by atoms with van der Waals surface area (Å²) in [5.74, 6) is -0.486. The van der Waals surface area contributed by atoms with Crippen LogP contribution in [-0.4, -0.2) is 23.7 Å². The number of benzene rings is 2. The van der Waals surface area contributed by atoms with Crippen LogP contribution in [0.4, 0.5) is 0 Å². The number of carbonyl (C=O) groups is 2. The molecule has 0 aliphatic heterocycles. The van der Waals surface area contributed by atoms with Gasteiger partial charge in [0, 0.05) is 18.9 Å². The third-order valence-electron chi connectivity index (χ3n) is 4.24. The van der Waals surface area contributed by atoms with E-state index in [4.69, 9.17) is 4.74 Å². The van der Waals surface area contributed by atoms with Crippen LogP contribution in [0.5, 0.6) is 0 Å². The smallest absolute Gasteiger partial charge is 0.188 e. The number of hydrogen-bond donors (Lipinski definition) is 0.